The van der Waals surface area contributed by atoms with Gasteiger partial charge in [-0.25, -0.2) is 13.4 Å². The van der Waals surface area contributed by atoms with Crippen molar-refractivity contribution in [3.05, 3.63) is 83.4 Å². The van der Waals surface area contributed by atoms with Gasteiger partial charge in [-0.3, -0.25) is 0 Å². The minimum atomic E-state index is -3.57. The second kappa shape index (κ2) is 9.04. The molecule has 2 heterocycles. The number of aryl methyl sites for hydroxylation is 1. The summed E-state index contributed by atoms with van der Waals surface area (Å²) in [7, 11) is -3.57. The van der Waals surface area contributed by atoms with Crippen molar-refractivity contribution in [3.63, 3.8) is 0 Å². The normalized spacial score (nSPS) is 17.4. The van der Waals surface area contributed by atoms with Crippen molar-refractivity contribution in [2.45, 2.75) is 37.6 Å². The zero-order chi connectivity index (χ0) is 21.8. The van der Waals surface area contributed by atoms with Crippen LogP contribution in [-0.4, -0.2) is 35.4 Å². The third-order valence-corrected chi connectivity index (χ3v) is 7.77. The van der Waals surface area contributed by atoms with Gasteiger partial charge < -0.3 is 4.57 Å². The summed E-state index contributed by atoms with van der Waals surface area (Å²) in [5.41, 5.74) is 2.78. The molecule has 6 nitrogen and oxygen atoms in total. The Morgan fingerprint density at radius 1 is 1.13 bits per heavy atom. The first-order chi connectivity index (χ1) is 15.0. The number of sulfonamides is 1. The van der Waals surface area contributed by atoms with Gasteiger partial charge in [-0.05, 0) is 55.5 Å². The molecule has 1 aliphatic rings. The summed E-state index contributed by atoms with van der Waals surface area (Å²) in [4.78, 5) is 4.88. The van der Waals surface area contributed by atoms with Crippen molar-refractivity contribution < 1.29 is 8.42 Å². The van der Waals surface area contributed by atoms with Gasteiger partial charge >= 0.3 is 0 Å². The Hall–Kier alpha value is -2.95. The van der Waals surface area contributed by atoms with Crippen LogP contribution in [0.2, 0.25) is 0 Å². The molecule has 0 radical (unpaired) electrons. The number of aromatic nitrogens is 2. The molecule has 1 atom stereocenters. The average Bonchev–Trinajstić information content (AvgIpc) is 3.13. The van der Waals surface area contributed by atoms with Gasteiger partial charge in [0.1, 0.15) is 5.82 Å². The molecule has 0 N–H and O–H groups in total. The van der Waals surface area contributed by atoms with E-state index in [-0.39, 0.29) is 10.8 Å². The molecule has 160 valence electrons. The first kappa shape index (κ1) is 21.3. The molecule has 3 aromatic rings. The molecule has 0 bridgehead atoms. The lowest BCUT2D eigenvalue weighted by Gasteiger charge is -2.32. The summed E-state index contributed by atoms with van der Waals surface area (Å²) < 4.78 is 30.0. The van der Waals surface area contributed by atoms with Gasteiger partial charge in [0.25, 0.3) is 0 Å². The van der Waals surface area contributed by atoms with Crippen molar-refractivity contribution in [2.24, 2.45) is 5.92 Å². The van der Waals surface area contributed by atoms with Crippen LogP contribution in [0.25, 0.3) is 0 Å². The van der Waals surface area contributed by atoms with E-state index >= 15 is 0 Å². The summed E-state index contributed by atoms with van der Waals surface area (Å²) in [6.07, 6.45) is 4.46. The van der Waals surface area contributed by atoms with Gasteiger partial charge in [0.05, 0.1) is 16.5 Å². The van der Waals surface area contributed by atoms with Gasteiger partial charge in [-0.1, -0.05) is 30.3 Å². The van der Waals surface area contributed by atoms with Gasteiger partial charge in [0, 0.05) is 37.9 Å². The molecule has 0 saturated carbocycles. The lowest BCUT2D eigenvalue weighted by Crippen LogP contribution is -2.40. The van der Waals surface area contributed by atoms with E-state index in [4.69, 9.17) is 5.26 Å². The van der Waals surface area contributed by atoms with E-state index < -0.39 is 10.0 Å². The molecule has 0 aliphatic carbocycles. The Balaban J connectivity index is 1.49. The van der Waals surface area contributed by atoms with Crippen LogP contribution in [0.15, 0.2) is 65.7 Å². The van der Waals surface area contributed by atoms with E-state index in [0.29, 0.717) is 18.7 Å². The molecule has 2 aromatic carbocycles. The summed E-state index contributed by atoms with van der Waals surface area (Å²) in [5.74, 6) is 1.22. The van der Waals surface area contributed by atoms with Crippen LogP contribution in [0.4, 0.5) is 0 Å². The van der Waals surface area contributed by atoms with Crippen molar-refractivity contribution in [3.8, 4) is 6.07 Å². The Morgan fingerprint density at radius 2 is 1.87 bits per heavy atom. The topological polar surface area (TPSA) is 79.0 Å². The highest BCUT2D eigenvalue weighted by atomic mass is 32.2. The molecule has 1 aliphatic heterocycles. The summed E-state index contributed by atoms with van der Waals surface area (Å²) in [6, 6.07) is 18.5. The highest BCUT2D eigenvalue weighted by Gasteiger charge is 2.31. The number of imidazole rings is 1. The smallest absolute Gasteiger partial charge is 0.243 e. The largest absolute Gasteiger partial charge is 0.328 e. The quantitative estimate of drug-likeness (QED) is 0.592. The molecule has 0 amide bonds. The third-order valence-electron chi connectivity index (χ3n) is 5.90. The fraction of sp³-hybridized carbons (Fsp3) is 0.333. The number of benzene rings is 2. The molecular formula is C24H26N4O2S. The maximum Gasteiger partial charge on any atom is 0.243 e. The standard InChI is InChI=1S/C24H26N4O2S/c1-19-16-26-24(28(19)18-21-6-3-2-4-7-21)14-22-8-5-13-27(17-22)31(29,30)23-11-9-20(15-25)10-12-23/h2-4,6-7,9-12,16,22H,5,8,13-14,17-18H2,1H3. The van der Waals surface area contributed by atoms with Crippen molar-refractivity contribution in [1.29, 1.82) is 5.26 Å². The van der Waals surface area contributed by atoms with Crippen LogP contribution in [0.3, 0.4) is 0 Å². The van der Waals surface area contributed by atoms with E-state index in [9.17, 15) is 8.42 Å². The summed E-state index contributed by atoms with van der Waals surface area (Å²) >= 11 is 0. The minimum absolute atomic E-state index is 0.221. The zero-order valence-electron chi connectivity index (χ0n) is 17.6. The molecule has 1 unspecified atom stereocenters. The fourth-order valence-corrected chi connectivity index (χ4v) is 5.73. The van der Waals surface area contributed by atoms with E-state index in [1.807, 2.05) is 30.5 Å². The number of piperidine rings is 1. The fourth-order valence-electron chi connectivity index (χ4n) is 4.18. The van der Waals surface area contributed by atoms with Gasteiger partial charge in [0.2, 0.25) is 10.0 Å². The van der Waals surface area contributed by atoms with Crippen LogP contribution in [0, 0.1) is 24.2 Å². The van der Waals surface area contributed by atoms with Crippen LogP contribution < -0.4 is 0 Å². The second-order valence-electron chi connectivity index (χ2n) is 8.10. The predicted molar refractivity (Wildman–Crippen MR) is 119 cm³/mol. The number of nitriles is 1. The molecule has 1 saturated heterocycles. The minimum Gasteiger partial charge on any atom is -0.328 e. The molecule has 4 rings (SSSR count). The second-order valence-corrected chi connectivity index (χ2v) is 10.0. The van der Waals surface area contributed by atoms with Crippen LogP contribution in [0.1, 0.15) is 35.5 Å². The Kier molecular flexibility index (Phi) is 6.21. The van der Waals surface area contributed by atoms with E-state index in [1.54, 1.807) is 16.4 Å². The first-order valence-electron chi connectivity index (χ1n) is 10.5. The monoisotopic (exact) mass is 434 g/mol. The van der Waals surface area contributed by atoms with Crippen LogP contribution in [0.5, 0.6) is 0 Å². The van der Waals surface area contributed by atoms with Crippen molar-refractivity contribution >= 4 is 10.0 Å². The van der Waals surface area contributed by atoms with Gasteiger partial charge in [-0.2, -0.15) is 9.57 Å². The van der Waals surface area contributed by atoms with E-state index in [1.165, 1.54) is 17.7 Å². The van der Waals surface area contributed by atoms with E-state index in [0.717, 1.165) is 37.3 Å². The number of hydrogen-bond donors (Lipinski definition) is 0. The molecule has 1 aromatic heterocycles. The maximum absolute atomic E-state index is 13.1. The van der Waals surface area contributed by atoms with Crippen LogP contribution in [-0.2, 0) is 23.0 Å². The summed E-state index contributed by atoms with van der Waals surface area (Å²) in [5, 5.41) is 8.95. The highest BCUT2D eigenvalue weighted by molar-refractivity contribution is 7.89. The number of rotatable bonds is 6. The average molecular weight is 435 g/mol. The lowest BCUT2D eigenvalue weighted by atomic mass is 9.96. The predicted octanol–water partition coefficient (Wildman–Crippen LogP) is 3.75. The SMILES string of the molecule is Cc1cnc(CC2CCCN(S(=O)(=O)c3ccc(C#N)cc3)C2)n1Cc1ccccc1. The Bertz CT molecular complexity index is 1180. The number of hydrogen-bond acceptors (Lipinski definition) is 4. The van der Waals surface area contributed by atoms with Crippen molar-refractivity contribution in [1.82, 2.24) is 13.9 Å². The molecular weight excluding hydrogens is 408 g/mol. The van der Waals surface area contributed by atoms with Gasteiger partial charge in [-0.15, -0.1) is 0 Å². The van der Waals surface area contributed by atoms with Crippen LogP contribution >= 0.6 is 0 Å². The molecule has 1 fully saturated rings. The van der Waals surface area contributed by atoms with Gasteiger partial charge in [0.15, 0.2) is 0 Å². The molecule has 0 spiro atoms. The molecule has 31 heavy (non-hydrogen) atoms. The highest BCUT2D eigenvalue weighted by Crippen LogP contribution is 2.26. The Labute approximate surface area is 183 Å². The lowest BCUT2D eigenvalue weighted by molar-refractivity contribution is 0.261. The first-order valence-corrected chi connectivity index (χ1v) is 12.0. The maximum atomic E-state index is 13.1. The summed E-state index contributed by atoms with van der Waals surface area (Å²) in [6.45, 7) is 3.83. The molecule has 7 heteroatoms. The zero-order valence-corrected chi connectivity index (χ0v) is 18.4. The van der Waals surface area contributed by atoms with E-state index in [2.05, 4.69) is 28.6 Å². The van der Waals surface area contributed by atoms with Crippen molar-refractivity contribution in [2.75, 3.05) is 13.1 Å². The number of nitrogens with zero attached hydrogens (tertiary/aromatic N) is 4. The Morgan fingerprint density at radius 3 is 2.58 bits per heavy atom. The third kappa shape index (κ3) is 4.71.